The van der Waals surface area contributed by atoms with Crippen molar-refractivity contribution in [1.82, 2.24) is 4.90 Å². The van der Waals surface area contributed by atoms with Gasteiger partial charge in [-0.1, -0.05) is 43.7 Å². The summed E-state index contributed by atoms with van der Waals surface area (Å²) in [5.41, 5.74) is 1.16. The molecule has 0 aliphatic heterocycles. The van der Waals surface area contributed by atoms with Crippen LogP contribution in [-0.2, 0) is 11.3 Å². The Kier molecular flexibility index (Phi) is 5.41. The van der Waals surface area contributed by atoms with E-state index in [-0.39, 0.29) is 12.1 Å². The van der Waals surface area contributed by atoms with Crippen LogP contribution in [0, 0.1) is 0 Å². The van der Waals surface area contributed by atoms with Crippen LogP contribution in [0.5, 0.6) is 0 Å². The number of rotatable bonds is 7. The lowest BCUT2D eigenvalue weighted by molar-refractivity contribution is -0.0535. The fourth-order valence-electron chi connectivity index (χ4n) is 2.48. The maximum absolute atomic E-state index is 11.2. The minimum absolute atomic E-state index is 0.139. The molecule has 0 aromatic heterocycles. The minimum Gasteiger partial charge on any atom is -0.465 e. The highest BCUT2D eigenvalue weighted by atomic mass is 16.5. The standard InChI is InChI=1S/C16H23NO3/c1-2-3-9-17(16(18)19)14-10-15(11-14)20-12-13-7-5-4-6-8-13/h4-8,14-15H,2-3,9-12H2,1H3,(H,18,19). The van der Waals surface area contributed by atoms with Crippen LogP contribution in [0.2, 0.25) is 0 Å². The van der Waals surface area contributed by atoms with Gasteiger partial charge in [-0.05, 0) is 24.8 Å². The zero-order chi connectivity index (χ0) is 14.4. The first kappa shape index (κ1) is 14.9. The summed E-state index contributed by atoms with van der Waals surface area (Å²) in [4.78, 5) is 12.8. The Morgan fingerprint density at radius 3 is 2.65 bits per heavy atom. The van der Waals surface area contributed by atoms with Crippen molar-refractivity contribution in [2.45, 2.75) is 51.4 Å². The van der Waals surface area contributed by atoms with E-state index < -0.39 is 6.09 Å². The second kappa shape index (κ2) is 7.29. The Balaban J connectivity index is 1.71. The van der Waals surface area contributed by atoms with Gasteiger partial charge in [0.05, 0.1) is 12.7 Å². The Morgan fingerprint density at radius 1 is 1.35 bits per heavy atom. The van der Waals surface area contributed by atoms with E-state index in [2.05, 4.69) is 6.92 Å². The molecule has 110 valence electrons. The largest absolute Gasteiger partial charge is 0.465 e. The molecular weight excluding hydrogens is 254 g/mol. The zero-order valence-electron chi connectivity index (χ0n) is 12.0. The predicted molar refractivity (Wildman–Crippen MR) is 77.7 cm³/mol. The molecule has 1 saturated carbocycles. The molecule has 1 N–H and O–H groups in total. The quantitative estimate of drug-likeness (QED) is 0.829. The molecule has 2 rings (SSSR count). The summed E-state index contributed by atoms with van der Waals surface area (Å²) in [6.07, 6.45) is 2.99. The van der Waals surface area contributed by atoms with Crippen molar-refractivity contribution >= 4 is 6.09 Å². The van der Waals surface area contributed by atoms with E-state index in [4.69, 9.17) is 4.74 Å². The van der Waals surface area contributed by atoms with E-state index in [0.29, 0.717) is 13.2 Å². The maximum atomic E-state index is 11.2. The van der Waals surface area contributed by atoms with Gasteiger partial charge in [-0.3, -0.25) is 0 Å². The Bertz CT molecular complexity index is 415. The topological polar surface area (TPSA) is 49.8 Å². The lowest BCUT2D eigenvalue weighted by Crippen LogP contribution is -2.50. The van der Waals surface area contributed by atoms with E-state index in [1.807, 2.05) is 30.3 Å². The van der Waals surface area contributed by atoms with Gasteiger partial charge in [-0.25, -0.2) is 4.79 Å². The van der Waals surface area contributed by atoms with Gasteiger partial charge in [-0.2, -0.15) is 0 Å². The number of nitrogens with zero attached hydrogens (tertiary/aromatic N) is 1. The fourth-order valence-corrected chi connectivity index (χ4v) is 2.48. The van der Waals surface area contributed by atoms with Crippen LogP contribution in [0.1, 0.15) is 38.2 Å². The van der Waals surface area contributed by atoms with E-state index in [0.717, 1.165) is 31.2 Å². The van der Waals surface area contributed by atoms with Crippen LogP contribution in [0.25, 0.3) is 0 Å². The highest BCUT2D eigenvalue weighted by Gasteiger charge is 2.36. The van der Waals surface area contributed by atoms with Crippen LogP contribution in [0.15, 0.2) is 30.3 Å². The van der Waals surface area contributed by atoms with Crippen molar-refractivity contribution in [3.05, 3.63) is 35.9 Å². The van der Waals surface area contributed by atoms with Crippen LogP contribution >= 0.6 is 0 Å². The molecule has 1 amide bonds. The monoisotopic (exact) mass is 277 g/mol. The van der Waals surface area contributed by atoms with Crippen molar-refractivity contribution in [3.63, 3.8) is 0 Å². The number of hydrogen-bond acceptors (Lipinski definition) is 2. The molecule has 4 nitrogen and oxygen atoms in total. The van der Waals surface area contributed by atoms with Crippen molar-refractivity contribution in [3.8, 4) is 0 Å². The molecule has 1 aromatic carbocycles. The molecule has 1 aliphatic carbocycles. The van der Waals surface area contributed by atoms with Gasteiger partial charge >= 0.3 is 6.09 Å². The number of carboxylic acid groups (broad SMARTS) is 1. The number of unbranched alkanes of at least 4 members (excludes halogenated alkanes) is 1. The first-order valence-electron chi connectivity index (χ1n) is 7.35. The van der Waals surface area contributed by atoms with E-state index >= 15 is 0 Å². The highest BCUT2D eigenvalue weighted by molar-refractivity contribution is 5.65. The first-order chi connectivity index (χ1) is 9.70. The second-order valence-corrected chi connectivity index (χ2v) is 5.37. The third kappa shape index (κ3) is 3.97. The highest BCUT2D eigenvalue weighted by Crippen LogP contribution is 2.29. The van der Waals surface area contributed by atoms with Crippen LogP contribution in [0.3, 0.4) is 0 Å². The van der Waals surface area contributed by atoms with Gasteiger partial charge in [0.2, 0.25) is 0 Å². The number of hydrogen-bond donors (Lipinski definition) is 1. The van der Waals surface area contributed by atoms with Gasteiger partial charge < -0.3 is 14.7 Å². The summed E-state index contributed by atoms with van der Waals surface area (Å²) in [6, 6.07) is 10.2. The van der Waals surface area contributed by atoms with Crippen LogP contribution < -0.4 is 0 Å². The van der Waals surface area contributed by atoms with Gasteiger partial charge in [0.25, 0.3) is 0 Å². The van der Waals surface area contributed by atoms with Crippen molar-refractivity contribution in [2.24, 2.45) is 0 Å². The minimum atomic E-state index is -0.801. The number of carbonyl (C=O) groups is 1. The van der Waals surface area contributed by atoms with Crippen molar-refractivity contribution in [2.75, 3.05) is 6.54 Å². The van der Waals surface area contributed by atoms with Crippen LogP contribution in [0.4, 0.5) is 4.79 Å². The van der Waals surface area contributed by atoms with E-state index in [9.17, 15) is 9.90 Å². The first-order valence-corrected chi connectivity index (χ1v) is 7.35. The SMILES string of the molecule is CCCCN(C(=O)O)C1CC(OCc2ccccc2)C1. The molecule has 20 heavy (non-hydrogen) atoms. The smallest absolute Gasteiger partial charge is 0.407 e. The molecule has 0 atom stereocenters. The number of amides is 1. The lowest BCUT2D eigenvalue weighted by atomic mass is 9.87. The molecule has 0 bridgehead atoms. The summed E-state index contributed by atoms with van der Waals surface area (Å²) in [6.45, 7) is 3.33. The van der Waals surface area contributed by atoms with Gasteiger partial charge in [0.15, 0.2) is 0 Å². The summed E-state index contributed by atoms with van der Waals surface area (Å²) in [5, 5.41) is 9.21. The third-order valence-corrected chi connectivity index (χ3v) is 3.84. The lowest BCUT2D eigenvalue weighted by Gasteiger charge is -2.41. The summed E-state index contributed by atoms with van der Waals surface area (Å²) in [5.74, 6) is 0. The molecule has 1 aromatic rings. The summed E-state index contributed by atoms with van der Waals surface area (Å²) >= 11 is 0. The zero-order valence-corrected chi connectivity index (χ0v) is 12.0. The van der Waals surface area contributed by atoms with Gasteiger partial charge in [0.1, 0.15) is 0 Å². The molecule has 1 fully saturated rings. The average Bonchev–Trinajstić information content (AvgIpc) is 2.41. The maximum Gasteiger partial charge on any atom is 0.407 e. The third-order valence-electron chi connectivity index (χ3n) is 3.84. The molecule has 0 spiro atoms. The molecular formula is C16H23NO3. The second-order valence-electron chi connectivity index (χ2n) is 5.37. The molecule has 0 heterocycles. The molecule has 0 saturated heterocycles. The molecule has 1 aliphatic rings. The number of ether oxygens (including phenoxy) is 1. The summed E-state index contributed by atoms with van der Waals surface area (Å²) in [7, 11) is 0. The van der Waals surface area contributed by atoms with Gasteiger partial charge in [0, 0.05) is 12.6 Å². The normalized spacial score (nSPS) is 21.2. The number of benzene rings is 1. The predicted octanol–water partition coefficient (Wildman–Crippen LogP) is 3.51. The van der Waals surface area contributed by atoms with Crippen LogP contribution in [-0.4, -0.2) is 34.8 Å². The Morgan fingerprint density at radius 2 is 2.05 bits per heavy atom. The fraction of sp³-hybridized carbons (Fsp3) is 0.562. The molecule has 0 radical (unpaired) electrons. The van der Waals surface area contributed by atoms with E-state index in [1.165, 1.54) is 0 Å². The molecule has 0 unspecified atom stereocenters. The molecule has 4 heteroatoms. The van der Waals surface area contributed by atoms with Gasteiger partial charge in [-0.15, -0.1) is 0 Å². The van der Waals surface area contributed by atoms with Crippen molar-refractivity contribution < 1.29 is 14.6 Å². The summed E-state index contributed by atoms with van der Waals surface area (Å²) < 4.78 is 5.81. The Labute approximate surface area is 120 Å². The Hall–Kier alpha value is -1.55. The van der Waals surface area contributed by atoms with E-state index in [1.54, 1.807) is 4.90 Å². The average molecular weight is 277 g/mol. The van der Waals surface area contributed by atoms with Crippen molar-refractivity contribution in [1.29, 1.82) is 0 Å².